The van der Waals surface area contributed by atoms with Crippen LogP contribution in [0.4, 0.5) is 10.5 Å². The summed E-state index contributed by atoms with van der Waals surface area (Å²) in [4.78, 5) is 49.5. The second kappa shape index (κ2) is 9.41. The van der Waals surface area contributed by atoms with E-state index in [9.17, 15) is 19.2 Å². The average Bonchev–Trinajstić information content (AvgIpc) is 3.00. The largest absolute Gasteiger partial charge is 0.452 e. The molecular formula is C22H20N2O5S. The number of aryl methyl sites for hydroxylation is 1. The molecule has 3 amide bonds. The minimum Gasteiger partial charge on any atom is -0.452 e. The molecular weight excluding hydrogens is 404 g/mol. The third kappa shape index (κ3) is 5.15. The van der Waals surface area contributed by atoms with Crippen molar-refractivity contribution in [2.45, 2.75) is 13.8 Å². The number of imide groups is 1. The number of nitrogens with zero attached hydrogens (tertiary/aromatic N) is 1. The Bertz CT molecular complexity index is 1010. The first-order chi connectivity index (χ1) is 14.4. The summed E-state index contributed by atoms with van der Waals surface area (Å²) in [5, 5.41) is 2.36. The molecule has 0 radical (unpaired) electrons. The summed E-state index contributed by atoms with van der Waals surface area (Å²) in [6.45, 7) is 3.60. The number of hydrogen-bond acceptors (Lipinski definition) is 6. The summed E-state index contributed by atoms with van der Waals surface area (Å²) >= 11 is 0.887. The molecule has 2 aromatic rings. The lowest BCUT2D eigenvalue weighted by atomic mass is 10.1. The Labute approximate surface area is 178 Å². The zero-order valence-electron chi connectivity index (χ0n) is 16.5. The lowest BCUT2D eigenvalue weighted by Gasteiger charge is -2.07. The van der Waals surface area contributed by atoms with E-state index in [1.165, 1.54) is 17.0 Å². The molecule has 0 aliphatic carbocycles. The Balaban J connectivity index is 1.55. The van der Waals surface area contributed by atoms with Gasteiger partial charge in [-0.25, -0.2) is 4.79 Å². The summed E-state index contributed by atoms with van der Waals surface area (Å²) in [6.07, 6.45) is 1.60. The van der Waals surface area contributed by atoms with Crippen molar-refractivity contribution in [3.8, 4) is 0 Å². The molecule has 1 aliphatic rings. The van der Waals surface area contributed by atoms with Gasteiger partial charge in [-0.3, -0.25) is 19.3 Å². The van der Waals surface area contributed by atoms with Gasteiger partial charge in [-0.05, 0) is 61.5 Å². The maximum atomic E-state index is 12.2. The van der Waals surface area contributed by atoms with E-state index in [4.69, 9.17) is 4.74 Å². The summed E-state index contributed by atoms with van der Waals surface area (Å²) in [7, 11) is 0. The summed E-state index contributed by atoms with van der Waals surface area (Å²) in [6, 6.07) is 13.6. The van der Waals surface area contributed by atoms with E-state index in [0.717, 1.165) is 17.3 Å². The van der Waals surface area contributed by atoms with Crippen molar-refractivity contribution in [1.82, 2.24) is 4.90 Å². The molecule has 30 heavy (non-hydrogen) atoms. The predicted octanol–water partition coefficient (Wildman–Crippen LogP) is 3.85. The maximum absolute atomic E-state index is 12.2. The number of anilines is 1. The van der Waals surface area contributed by atoms with Crippen LogP contribution in [-0.2, 0) is 14.3 Å². The first-order valence-corrected chi connectivity index (χ1v) is 10.1. The first kappa shape index (κ1) is 21.3. The Morgan fingerprint density at radius 2 is 1.73 bits per heavy atom. The highest BCUT2D eigenvalue weighted by Crippen LogP contribution is 2.31. The number of carbonyl (C=O) groups excluding carboxylic acids is 4. The molecule has 1 heterocycles. The number of nitrogens with one attached hydrogen (secondary N) is 1. The van der Waals surface area contributed by atoms with Gasteiger partial charge in [0.15, 0.2) is 6.61 Å². The van der Waals surface area contributed by atoms with Crippen LogP contribution in [0.3, 0.4) is 0 Å². The van der Waals surface area contributed by atoms with E-state index < -0.39 is 18.5 Å². The van der Waals surface area contributed by atoms with Crippen LogP contribution < -0.4 is 5.32 Å². The van der Waals surface area contributed by atoms with Crippen molar-refractivity contribution in [3.63, 3.8) is 0 Å². The van der Waals surface area contributed by atoms with E-state index >= 15 is 0 Å². The van der Waals surface area contributed by atoms with E-state index in [1.807, 2.05) is 19.1 Å². The number of thioether (sulfide) groups is 1. The number of rotatable bonds is 6. The normalized spacial score (nSPS) is 14.9. The molecule has 8 heteroatoms. The second-order valence-corrected chi connectivity index (χ2v) is 7.53. The Kier molecular flexibility index (Phi) is 6.68. The van der Waals surface area contributed by atoms with Crippen molar-refractivity contribution in [2.24, 2.45) is 0 Å². The van der Waals surface area contributed by atoms with Gasteiger partial charge in [-0.15, -0.1) is 0 Å². The number of carbonyl (C=O) groups is 4. The summed E-state index contributed by atoms with van der Waals surface area (Å²) in [5.41, 5.74) is 2.64. The standard InChI is InChI=1S/C22H20N2O5S/c1-3-24-20(26)18(30-22(24)28)12-15-6-8-16(9-7-15)21(27)29-13-19(25)23-17-10-4-14(2)5-11-17/h4-12H,3,13H2,1-2H3,(H,23,25)/b18-12-. The summed E-state index contributed by atoms with van der Waals surface area (Å²) in [5.74, 6) is -1.39. The van der Waals surface area contributed by atoms with Crippen LogP contribution in [0, 0.1) is 6.92 Å². The van der Waals surface area contributed by atoms with Crippen molar-refractivity contribution in [2.75, 3.05) is 18.5 Å². The molecule has 0 atom stereocenters. The number of esters is 1. The molecule has 0 unspecified atom stereocenters. The topological polar surface area (TPSA) is 92.8 Å². The molecule has 1 N–H and O–H groups in total. The molecule has 1 saturated heterocycles. The lowest BCUT2D eigenvalue weighted by molar-refractivity contribution is -0.122. The van der Waals surface area contributed by atoms with Gasteiger partial charge in [-0.1, -0.05) is 29.8 Å². The van der Waals surface area contributed by atoms with E-state index in [-0.39, 0.29) is 16.7 Å². The van der Waals surface area contributed by atoms with Crippen molar-refractivity contribution < 1.29 is 23.9 Å². The van der Waals surface area contributed by atoms with Crippen LogP contribution in [0.15, 0.2) is 53.4 Å². The van der Waals surface area contributed by atoms with Crippen LogP contribution in [-0.4, -0.2) is 41.1 Å². The van der Waals surface area contributed by atoms with Gasteiger partial charge >= 0.3 is 5.97 Å². The Hall–Kier alpha value is -3.39. The fourth-order valence-corrected chi connectivity index (χ4v) is 3.59. The van der Waals surface area contributed by atoms with Crippen LogP contribution in [0.2, 0.25) is 0 Å². The van der Waals surface area contributed by atoms with Crippen LogP contribution in [0.1, 0.15) is 28.4 Å². The SMILES string of the molecule is CCN1C(=O)S/C(=C\c2ccc(C(=O)OCC(=O)Nc3ccc(C)cc3)cc2)C1=O. The number of amides is 3. The predicted molar refractivity (Wildman–Crippen MR) is 115 cm³/mol. The number of ether oxygens (including phenoxy) is 1. The summed E-state index contributed by atoms with van der Waals surface area (Å²) < 4.78 is 5.04. The van der Waals surface area contributed by atoms with Crippen LogP contribution in [0.5, 0.6) is 0 Å². The molecule has 1 aliphatic heterocycles. The zero-order chi connectivity index (χ0) is 21.7. The fraction of sp³-hybridized carbons (Fsp3) is 0.182. The smallest absolute Gasteiger partial charge is 0.338 e. The highest BCUT2D eigenvalue weighted by atomic mass is 32.2. The van der Waals surface area contributed by atoms with Crippen LogP contribution >= 0.6 is 11.8 Å². The van der Waals surface area contributed by atoms with Gasteiger partial charge in [0.05, 0.1) is 10.5 Å². The molecule has 0 saturated carbocycles. The van der Waals surface area contributed by atoms with Gasteiger partial charge in [0.1, 0.15) is 0 Å². The monoisotopic (exact) mass is 424 g/mol. The molecule has 2 aromatic carbocycles. The maximum Gasteiger partial charge on any atom is 0.338 e. The van der Waals surface area contributed by atoms with E-state index in [0.29, 0.717) is 22.7 Å². The van der Waals surface area contributed by atoms with Gasteiger partial charge in [0.25, 0.3) is 17.1 Å². The average molecular weight is 424 g/mol. The minimum atomic E-state index is -0.632. The molecule has 0 aromatic heterocycles. The highest BCUT2D eigenvalue weighted by Gasteiger charge is 2.33. The molecule has 0 bridgehead atoms. The van der Waals surface area contributed by atoms with Crippen molar-refractivity contribution in [3.05, 3.63) is 70.1 Å². The van der Waals surface area contributed by atoms with Gasteiger partial charge in [-0.2, -0.15) is 0 Å². The van der Waals surface area contributed by atoms with Crippen LogP contribution in [0.25, 0.3) is 6.08 Å². The third-order valence-electron chi connectivity index (χ3n) is 4.30. The van der Waals surface area contributed by atoms with Crippen molar-refractivity contribution >= 4 is 46.5 Å². The third-order valence-corrected chi connectivity index (χ3v) is 5.21. The quantitative estimate of drug-likeness (QED) is 0.559. The van der Waals surface area contributed by atoms with E-state index in [2.05, 4.69) is 5.32 Å². The molecule has 1 fully saturated rings. The molecule has 3 rings (SSSR count). The zero-order valence-corrected chi connectivity index (χ0v) is 17.3. The number of benzene rings is 2. The minimum absolute atomic E-state index is 0.275. The van der Waals surface area contributed by atoms with Gasteiger partial charge < -0.3 is 10.1 Å². The van der Waals surface area contributed by atoms with Gasteiger partial charge in [0.2, 0.25) is 0 Å². The Morgan fingerprint density at radius 1 is 1.07 bits per heavy atom. The highest BCUT2D eigenvalue weighted by molar-refractivity contribution is 8.18. The molecule has 154 valence electrons. The van der Waals surface area contributed by atoms with E-state index in [1.54, 1.807) is 37.3 Å². The number of hydrogen-bond donors (Lipinski definition) is 1. The van der Waals surface area contributed by atoms with Gasteiger partial charge in [0, 0.05) is 12.2 Å². The molecule has 7 nitrogen and oxygen atoms in total. The second-order valence-electron chi connectivity index (χ2n) is 6.54. The lowest BCUT2D eigenvalue weighted by Crippen LogP contribution is -2.27. The Morgan fingerprint density at radius 3 is 2.33 bits per heavy atom. The number of likely N-dealkylation sites (N-methyl/N-ethyl adjacent to an activating group) is 1. The fourth-order valence-electron chi connectivity index (χ4n) is 2.69. The molecule has 0 spiro atoms. The first-order valence-electron chi connectivity index (χ1n) is 9.26. The van der Waals surface area contributed by atoms with Crippen molar-refractivity contribution in [1.29, 1.82) is 0 Å².